The molecule has 0 atom stereocenters. The maximum atomic E-state index is 14.7. The normalized spacial score (nSPS) is 11.8. The van der Waals surface area contributed by atoms with Gasteiger partial charge in [0.05, 0.1) is 23.2 Å². The van der Waals surface area contributed by atoms with Gasteiger partial charge in [0, 0.05) is 24.1 Å². The summed E-state index contributed by atoms with van der Waals surface area (Å²) >= 11 is 0. The second kappa shape index (κ2) is 10.1. The number of aryl methyl sites for hydroxylation is 1. The highest BCUT2D eigenvalue weighted by molar-refractivity contribution is 5.89. The van der Waals surface area contributed by atoms with Crippen LogP contribution in [-0.2, 0) is 16.0 Å². The van der Waals surface area contributed by atoms with E-state index in [1.54, 1.807) is 11.5 Å². The number of halogens is 1. The van der Waals surface area contributed by atoms with E-state index < -0.39 is 11.8 Å². The van der Waals surface area contributed by atoms with Gasteiger partial charge in [0.25, 0.3) is 5.56 Å². The van der Waals surface area contributed by atoms with Gasteiger partial charge in [-0.1, -0.05) is 52.8 Å². The van der Waals surface area contributed by atoms with E-state index in [2.05, 4.69) is 32.7 Å². The van der Waals surface area contributed by atoms with Crippen LogP contribution in [0.3, 0.4) is 0 Å². The van der Waals surface area contributed by atoms with E-state index in [0.717, 1.165) is 22.9 Å². The molecular weight excluding hydrogens is 419 g/mol. The Hall–Kier alpha value is -3.28. The molecule has 0 fully saturated rings. The molecule has 0 saturated carbocycles. The fraction of sp³-hybridized carbons (Fsp3) is 0.370. The summed E-state index contributed by atoms with van der Waals surface area (Å²) in [7, 11) is 0. The second-order valence-electron chi connectivity index (χ2n) is 8.59. The summed E-state index contributed by atoms with van der Waals surface area (Å²) in [6, 6.07) is 8.81. The van der Waals surface area contributed by atoms with Crippen molar-refractivity contribution in [1.29, 1.82) is 0 Å². The number of rotatable bonds is 7. The van der Waals surface area contributed by atoms with Gasteiger partial charge in [-0.2, -0.15) is 0 Å². The van der Waals surface area contributed by atoms with Crippen molar-refractivity contribution in [2.45, 2.75) is 59.8 Å². The molecule has 5 nitrogen and oxygen atoms in total. The number of ether oxygens (including phenoxy) is 1. The standard InChI is InChI=1S/C27H31FN2O3/c1-7-24-29-23-15-22(28)18(12-13-25(31)33-8-2)14-21(23)27(32)30(24)26-19(16(3)4)10-9-11-20(26)17(5)6/h9-17H,7-8H2,1-6H3. The first-order chi connectivity index (χ1) is 15.7. The quantitative estimate of drug-likeness (QED) is 0.332. The predicted molar refractivity (Wildman–Crippen MR) is 131 cm³/mol. The van der Waals surface area contributed by atoms with Crippen molar-refractivity contribution in [3.05, 3.63) is 75.1 Å². The number of esters is 1. The number of para-hydroxylation sites is 1. The Morgan fingerprint density at radius 2 is 1.76 bits per heavy atom. The lowest BCUT2D eigenvalue weighted by Gasteiger charge is -2.23. The van der Waals surface area contributed by atoms with Gasteiger partial charge in [0.1, 0.15) is 11.6 Å². The van der Waals surface area contributed by atoms with Crippen molar-refractivity contribution in [2.24, 2.45) is 0 Å². The topological polar surface area (TPSA) is 61.2 Å². The van der Waals surface area contributed by atoms with E-state index in [-0.39, 0.29) is 29.6 Å². The van der Waals surface area contributed by atoms with Gasteiger partial charge in [-0.05, 0) is 42.0 Å². The number of hydrogen-bond acceptors (Lipinski definition) is 4. The average molecular weight is 451 g/mol. The third kappa shape index (κ3) is 4.90. The molecule has 0 amide bonds. The molecule has 3 aromatic rings. The van der Waals surface area contributed by atoms with Crippen molar-refractivity contribution < 1.29 is 13.9 Å². The molecule has 0 unspecified atom stereocenters. The van der Waals surface area contributed by atoms with Crippen LogP contribution in [0.2, 0.25) is 0 Å². The summed E-state index contributed by atoms with van der Waals surface area (Å²) < 4.78 is 21.3. The molecule has 0 saturated heterocycles. The van der Waals surface area contributed by atoms with Crippen LogP contribution in [0.15, 0.2) is 41.2 Å². The molecule has 0 aliphatic heterocycles. The molecule has 0 aliphatic carbocycles. The number of carbonyl (C=O) groups is 1. The van der Waals surface area contributed by atoms with Crippen LogP contribution in [0, 0.1) is 5.82 Å². The van der Waals surface area contributed by atoms with Gasteiger partial charge < -0.3 is 4.74 Å². The third-order valence-electron chi connectivity index (χ3n) is 5.62. The van der Waals surface area contributed by atoms with Crippen LogP contribution < -0.4 is 5.56 Å². The molecule has 2 aromatic carbocycles. The molecule has 3 rings (SSSR count). The number of carbonyl (C=O) groups excluding carboxylic acids is 1. The zero-order valence-corrected chi connectivity index (χ0v) is 20.1. The number of hydrogen-bond donors (Lipinski definition) is 0. The fourth-order valence-electron chi connectivity index (χ4n) is 3.98. The largest absolute Gasteiger partial charge is 0.463 e. The Morgan fingerprint density at radius 1 is 1.12 bits per heavy atom. The van der Waals surface area contributed by atoms with E-state index >= 15 is 0 Å². The van der Waals surface area contributed by atoms with E-state index in [9.17, 15) is 14.0 Å². The van der Waals surface area contributed by atoms with E-state index in [1.807, 2.05) is 25.1 Å². The maximum absolute atomic E-state index is 14.7. The first kappa shape index (κ1) is 24.4. The van der Waals surface area contributed by atoms with Crippen molar-refractivity contribution >= 4 is 22.9 Å². The number of aromatic nitrogens is 2. The summed E-state index contributed by atoms with van der Waals surface area (Å²) in [4.78, 5) is 30.2. The van der Waals surface area contributed by atoms with Crippen molar-refractivity contribution in [3.63, 3.8) is 0 Å². The Balaban J connectivity index is 2.35. The Kier molecular flexibility index (Phi) is 7.46. The molecule has 33 heavy (non-hydrogen) atoms. The second-order valence-corrected chi connectivity index (χ2v) is 8.59. The molecule has 1 aromatic heterocycles. The SMILES string of the molecule is CCOC(=O)C=Cc1cc2c(=O)n(-c3c(C(C)C)cccc3C(C)C)c(CC)nc2cc1F. The van der Waals surface area contributed by atoms with Crippen molar-refractivity contribution in [1.82, 2.24) is 9.55 Å². The molecule has 1 heterocycles. The summed E-state index contributed by atoms with van der Waals surface area (Å²) in [6.45, 7) is 12.3. The minimum Gasteiger partial charge on any atom is -0.463 e. The minimum absolute atomic E-state index is 0.131. The van der Waals surface area contributed by atoms with E-state index in [0.29, 0.717) is 23.1 Å². The monoisotopic (exact) mass is 450 g/mol. The molecule has 0 radical (unpaired) electrons. The molecule has 6 heteroatoms. The first-order valence-electron chi connectivity index (χ1n) is 11.4. The van der Waals surface area contributed by atoms with Gasteiger partial charge in [-0.25, -0.2) is 14.2 Å². The molecule has 0 spiro atoms. The van der Waals surface area contributed by atoms with Gasteiger partial charge in [0.15, 0.2) is 0 Å². The Labute approximate surface area is 193 Å². The summed E-state index contributed by atoms with van der Waals surface area (Å²) in [5, 5.41) is 0.297. The van der Waals surface area contributed by atoms with Crippen LogP contribution in [0.4, 0.5) is 4.39 Å². The number of fused-ring (bicyclic) bond motifs is 1. The van der Waals surface area contributed by atoms with Crippen molar-refractivity contribution in [3.8, 4) is 5.69 Å². The number of benzene rings is 2. The lowest BCUT2D eigenvalue weighted by atomic mass is 9.92. The van der Waals surface area contributed by atoms with Crippen LogP contribution in [0.25, 0.3) is 22.7 Å². The summed E-state index contributed by atoms with van der Waals surface area (Å²) in [5.41, 5.74) is 3.15. The van der Waals surface area contributed by atoms with Crippen LogP contribution in [-0.4, -0.2) is 22.1 Å². The molecule has 0 aliphatic rings. The molecule has 0 N–H and O–H groups in total. The Morgan fingerprint density at radius 3 is 2.30 bits per heavy atom. The van der Waals surface area contributed by atoms with Crippen molar-refractivity contribution in [2.75, 3.05) is 6.61 Å². The van der Waals surface area contributed by atoms with Gasteiger partial charge in [-0.15, -0.1) is 0 Å². The van der Waals surface area contributed by atoms with Gasteiger partial charge in [0.2, 0.25) is 0 Å². The molecular formula is C27H31FN2O3. The van der Waals surface area contributed by atoms with Crippen LogP contribution >= 0.6 is 0 Å². The number of nitrogens with zero attached hydrogens (tertiary/aromatic N) is 2. The highest BCUT2D eigenvalue weighted by Crippen LogP contribution is 2.31. The Bertz CT molecular complexity index is 1250. The van der Waals surface area contributed by atoms with E-state index in [4.69, 9.17) is 4.74 Å². The highest BCUT2D eigenvalue weighted by Gasteiger charge is 2.21. The summed E-state index contributed by atoms with van der Waals surface area (Å²) in [6.07, 6.45) is 3.00. The first-order valence-corrected chi connectivity index (χ1v) is 11.4. The average Bonchev–Trinajstić information content (AvgIpc) is 2.77. The van der Waals surface area contributed by atoms with Gasteiger partial charge in [-0.3, -0.25) is 9.36 Å². The van der Waals surface area contributed by atoms with Crippen LogP contribution in [0.1, 0.15) is 75.9 Å². The molecule has 174 valence electrons. The maximum Gasteiger partial charge on any atom is 0.330 e. The van der Waals surface area contributed by atoms with Crippen LogP contribution in [0.5, 0.6) is 0 Å². The lowest BCUT2D eigenvalue weighted by Crippen LogP contribution is -2.26. The lowest BCUT2D eigenvalue weighted by molar-refractivity contribution is -0.137. The minimum atomic E-state index is -0.568. The van der Waals surface area contributed by atoms with E-state index in [1.165, 1.54) is 18.2 Å². The molecule has 0 bridgehead atoms. The highest BCUT2D eigenvalue weighted by atomic mass is 19.1. The fourth-order valence-corrected chi connectivity index (χ4v) is 3.98. The smallest absolute Gasteiger partial charge is 0.330 e. The van der Waals surface area contributed by atoms with Gasteiger partial charge >= 0.3 is 5.97 Å². The predicted octanol–water partition coefficient (Wildman–Crippen LogP) is 5.91. The summed E-state index contributed by atoms with van der Waals surface area (Å²) in [5.74, 6) is -0.150. The zero-order valence-electron chi connectivity index (χ0n) is 20.1. The zero-order chi connectivity index (χ0) is 24.3. The third-order valence-corrected chi connectivity index (χ3v) is 5.62.